The van der Waals surface area contributed by atoms with E-state index in [2.05, 4.69) is 13.8 Å². The second-order valence-electron chi connectivity index (χ2n) is 5.74. The topological polar surface area (TPSA) is 0 Å². The van der Waals surface area contributed by atoms with Crippen molar-refractivity contribution in [3.05, 3.63) is 35.4 Å². The summed E-state index contributed by atoms with van der Waals surface area (Å²) in [5.74, 6) is -0.591. The molecule has 0 nitrogen and oxygen atoms in total. The van der Waals surface area contributed by atoms with Gasteiger partial charge in [-0.3, -0.25) is 0 Å². The van der Waals surface area contributed by atoms with E-state index in [-0.39, 0.29) is 0 Å². The lowest BCUT2D eigenvalue weighted by Gasteiger charge is -2.17. The van der Waals surface area contributed by atoms with E-state index in [9.17, 15) is 8.78 Å². The van der Waals surface area contributed by atoms with Crippen LogP contribution < -0.4 is 0 Å². The molecule has 0 amide bonds. The Morgan fingerprint density at radius 1 is 0.750 bits per heavy atom. The monoisotopic (exact) mass is 282 g/mol. The van der Waals surface area contributed by atoms with E-state index in [4.69, 9.17) is 0 Å². The molecule has 1 rings (SSSR count). The number of rotatable bonds is 10. The predicted molar refractivity (Wildman–Crippen MR) is 82.0 cm³/mol. The van der Waals surface area contributed by atoms with Crippen molar-refractivity contribution in [2.45, 2.75) is 77.6 Å². The molecule has 0 aliphatic heterocycles. The fraction of sp³-hybridized carbons (Fsp3) is 0.667. The van der Waals surface area contributed by atoms with Gasteiger partial charge in [0, 0.05) is 6.07 Å². The van der Waals surface area contributed by atoms with Crippen molar-refractivity contribution in [3.8, 4) is 0 Å². The smallest absolute Gasteiger partial charge is 0.126 e. The average molecular weight is 282 g/mol. The third-order valence-electron chi connectivity index (χ3n) is 3.92. The molecule has 114 valence electrons. The largest absolute Gasteiger partial charge is 0.207 e. The van der Waals surface area contributed by atoms with Gasteiger partial charge in [0.2, 0.25) is 0 Å². The second kappa shape index (κ2) is 9.90. The molecule has 0 aliphatic carbocycles. The zero-order valence-corrected chi connectivity index (χ0v) is 12.9. The molecule has 0 aliphatic rings. The first-order chi connectivity index (χ1) is 9.67. The third-order valence-corrected chi connectivity index (χ3v) is 3.92. The zero-order chi connectivity index (χ0) is 14.8. The van der Waals surface area contributed by atoms with Gasteiger partial charge in [-0.1, -0.05) is 58.8 Å². The number of halogens is 2. The fourth-order valence-electron chi connectivity index (χ4n) is 2.75. The Hall–Kier alpha value is -0.920. The van der Waals surface area contributed by atoms with Crippen molar-refractivity contribution < 1.29 is 8.78 Å². The number of benzene rings is 1. The van der Waals surface area contributed by atoms with E-state index in [0.717, 1.165) is 37.3 Å². The summed E-state index contributed by atoms with van der Waals surface area (Å²) in [5, 5.41) is 0. The van der Waals surface area contributed by atoms with Crippen molar-refractivity contribution in [1.82, 2.24) is 0 Å². The Morgan fingerprint density at radius 2 is 1.25 bits per heavy atom. The molecular formula is C18H28F2. The molecule has 20 heavy (non-hydrogen) atoms. The summed E-state index contributed by atoms with van der Waals surface area (Å²) >= 11 is 0. The van der Waals surface area contributed by atoms with Gasteiger partial charge in [-0.2, -0.15) is 0 Å². The van der Waals surface area contributed by atoms with Gasteiger partial charge >= 0.3 is 0 Å². The summed E-state index contributed by atoms with van der Waals surface area (Å²) in [4.78, 5) is 0. The van der Waals surface area contributed by atoms with Gasteiger partial charge in [0.15, 0.2) is 0 Å². The molecule has 0 spiro atoms. The van der Waals surface area contributed by atoms with Gasteiger partial charge in [-0.25, -0.2) is 8.78 Å². The summed E-state index contributed by atoms with van der Waals surface area (Å²) < 4.78 is 26.8. The molecule has 0 bridgehead atoms. The van der Waals surface area contributed by atoms with Crippen molar-refractivity contribution in [2.75, 3.05) is 0 Å². The molecule has 1 atom stereocenters. The van der Waals surface area contributed by atoms with Crippen LogP contribution in [0.2, 0.25) is 0 Å². The SMILES string of the molecule is CCCCCCC(CCCCC)c1cc(F)cc(F)c1. The van der Waals surface area contributed by atoms with Crippen LogP contribution >= 0.6 is 0 Å². The van der Waals surface area contributed by atoms with Crippen molar-refractivity contribution in [2.24, 2.45) is 0 Å². The predicted octanol–water partition coefficient (Wildman–Crippen LogP) is 6.60. The number of hydrogen-bond donors (Lipinski definition) is 0. The van der Waals surface area contributed by atoms with Crippen LogP contribution in [-0.2, 0) is 0 Å². The standard InChI is InChI=1S/C18H28F2/c1-3-5-7-9-11-15(10-8-6-4-2)16-12-17(19)14-18(20)13-16/h12-15H,3-11H2,1-2H3. The molecule has 1 aromatic rings. The van der Waals surface area contributed by atoms with Crippen LogP contribution in [0.5, 0.6) is 0 Å². The number of hydrogen-bond acceptors (Lipinski definition) is 0. The summed E-state index contributed by atoms with van der Waals surface area (Å²) in [7, 11) is 0. The van der Waals surface area contributed by atoms with Gasteiger partial charge in [-0.05, 0) is 36.5 Å². The molecule has 0 saturated carbocycles. The van der Waals surface area contributed by atoms with Gasteiger partial charge in [-0.15, -0.1) is 0 Å². The average Bonchev–Trinajstić information content (AvgIpc) is 2.40. The van der Waals surface area contributed by atoms with E-state index < -0.39 is 11.6 Å². The zero-order valence-electron chi connectivity index (χ0n) is 12.9. The quantitative estimate of drug-likeness (QED) is 0.424. The maximum atomic E-state index is 13.4. The molecule has 0 saturated heterocycles. The summed E-state index contributed by atoms with van der Waals surface area (Å²) in [5.41, 5.74) is 0.843. The van der Waals surface area contributed by atoms with Gasteiger partial charge in [0.05, 0.1) is 0 Å². The van der Waals surface area contributed by atoms with Crippen LogP contribution in [0.1, 0.15) is 83.1 Å². The highest BCUT2D eigenvalue weighted by atomic mass is 19.1. The highest BCUT2D eigenvalue weighted by Gasteiger charge is 2.13. The molecule has 0 heterocycles. The van der Waals surface area contributed by atoms with Crippen LogP contribution in [0.25, 0.3) is 0 Å². The third kappa shape index (κ3) is 6.49. The lowest BCUT2D eigenvalue weighted by Crippen LogP contribution is -2.01. The van der Waals surface area contributed by atoms with Crippen molar-refractivity contribution in [1.29, 1.82) is 0 Å². The van der Waals surface area contributed by atoms with Crippen molar-refractivity contribution >= 4 is 0 Å². The molecule has 0 radical (unpaired) electrons. The Morgan fingerprint density at radius 3 is 1.80 bits per heavy atom. The maximum absolute atomic E-state index is 13.4. The van der Waals surface area contributed by atoms with Crippen LogP contribution in [0.15, 0.2) is 18.2 Å². The lowest BCUT2D eigenvalue weighted by atomic mass is 9.88. The molecule has 0 N–H and O–H groups in total. The Labute approximate surface area is 122 Å². The summed E-state index contributed by atoms with van der Waals surface area (Å²) in [6.07, 6.45) is 10.5. The van der Waals surface area contributed by atoms with E-state index in [1.807, 2.05) is 0 Å². The normalized spacial score (nSPS) is 12.6. The highest BCUT2D eigenvalue weighted by molar-refractivity contribution is 5.21. The lowest BCUT2D eigenvalue weighted by molar-refractivity contribution is 0.493. The first-order valence-electron chi connectivity index (χ1n) is 8.13. The minimum absolute atomic E-state index is 0.309. The summed E-state index contributed by atoms with van der Waals surface area (Å²) in [6.45, 7) is 4.37. The molecule has 1 aromatic carbocycles. The molecule has 0 aromatic heterocycles. The fourth-order valence-corrected chi connectivity index (χ4v) is 2.75. The van der Waals surface area contributed by atoms with E-state index in [1.165, 1.54) is 44.2 Å². The Bertz CT molecular complexity index is 353. The second-order valence-corrected chi connectivity index (χ2v) is 5.74. The van der Waals surface area contributed by atoms with E-state index in [1.54, 1.807) is 0 Å². The van der Waals surface area contributed by atoms with Crippen LogP contribution in [-0.4, -0.2) is 0 Å². The molecular weight excluding hydrogens is 254 g/mol. The maximum Gasteiger partial charge on any atom is 0.126 e. The van der Waals surface area contributed by atoms with E-state index in [0.29, 0.717) is 5.92 Å². The number of unbranched alkanes of at least 4 members (excludes halogenated alkanes) is 5. The minimum Gasteiger partial charge on any atom is -0.207 e. The highest BCUT2D eigenvalue weighted by Crippen LogP contribution is 2.29. The summed E-state index contributed by atoms with van der Waals surface area (Å²) in [6, 6.07) is 3.99. The molecule has 1 unspecified atom stereocenters. The molecule has 0 fully saturated rings. The Kier molecular flexibility index (Phi) is 8.48. The van der Waals surface area contributed by atoms with Crippen LogP contribution in [0.3, 0.4) is 0 Å². The first kappa shape index (κ1) is 17.1. The Balaban J connectivity index is 2.64. The minimum atomic E-state index is -0.450. The van der Waals surface area contributed by atoms with Crippen molar-refractivity contribution in [3.63, 3.8) is 0 Å². The van der Waals surface area contributed by atoms with Crippen LogP contribution in [0.4, 0.5) is 8.78 Å². The molecule has 2 heteroatoms. The first-order valence-corrected chi connectivity index (χ1v) is 8.13. The van der Waals surface area contributed by atoms with Gasteiger partial charge in [0.25, 0.3) is 0 Å². The van der Waals surface area contributed by atoms with Crippen LogP contribution in [0, 0.1) is 11.6 Å². The van der Waals surface area contributed by atoms with Gasteiger partial charge < -0.3 is 0 Å². The van der Waals surface area contributed by atoms with E-state index >= 15 is 0 Å². The van der Waals surface area contributed by atoms with Gasteiger partial charge in [0.1, 0.15) is 11.6 Å².